The van der Waals surface area contributed by atoms with Gasteiger partial charge in [0.15, 0.2) is 5.76 Å². The van der Waals surface area contributed by atoms with E-state index in [1.807, 2.05) is 0 Å². The zero-order valence-corrected chi connectivity index (χ0v) is 10.3. The quantitative estimate of drug-likeness (QED) is 0.680. The average Bonchev–Trinajstić information content (AvgIpc) is 2.72. The second kappa shape index (κ2) is 5.05. The van der Waals surface area contributed by atoms with Gasteiger partial charge in [-0.3, -0.25) is 10.1 Å². The number of aryl methyl sites for hydroxylation is 1. The van der Waals surface area contributed by atoms with Crippen LogP contribution in [0.25, 0.3) is 0 Å². The Morgan fingerprint density at radius 1 is 1.50 bits per heavy atom. The number of rotatable bonds is 4. The molecule has 6 nitrogen and oxygen atoms in total. The van der Waals surface area contributed by atoms with Crippen LogP contribution < -0.4 is 5.32 Å². The van der Waals surface area contributed by atoms with Gasteiger partial charge in [0.1, 0.15) is 5.69 Å². The van der Waals surface area contributed by atoms with Gasteiger partial charge in [0.05, 0.1) is 17.2 Å². The van der Waals surface area contributed by atoms with Gasteiger partial charge in [-0.15, -0.1) is 0 Å². The molecule has 0 unspecified atom stereocenters. The summed E-state index contributed by atoms with van der Waals surface area (Å²) in [7, 11) is 0. The molecule has 0 aliphatic rings. The Bertz CT molecular complexity index is 583. The van der Waals surface area contributed by atoms with E-state index < -0.39 is 4.92 Å². The lowest BCUT2D eigenvalue weighted by molar-refractivity contribution is -0.384. The van der Waals surface area contributed by atoms with Crippen molar-refractivity contribution < 1.29 is 9.45 Å². The lowest BCUT2D eigenvalue weighted by Crippen LogP contribution is -2.01. The number of aromatic nitrogens is 1. The fraction of sp³-hybridized carbons (Fsp3) is 0.182. The van der Waals surface area contributed by atoms with Crippen LogP contribution in [0.2, 0.25) is 5.02 Å². The lowest BCUT2D eigenvalue weighted by Gasteiger charge is -2.05. The molecule has 0 spiro atoms. The second-order valence-corrected chi connectivity index (χ2v) is 4.14. The van der Waals surface area contributed by atoms with Crippen molar-refractivity contribution in [3.63, 3.8) is 0 Å². The van der Waals surface area contributed by atoms with Gasteiger partial charge in [-0.2, -0.15) is 0 Å². The average molecular weight is 268 g/mol. The van der Waals surface area contributed by atoms with Crippen LogP contribution >= 0.6 is 11.6 Å². The number of hydrogen-bond donors (Lipinski definition) is 1. The van der Waals surface area contributed by atoms with Crippen molar-refractivity contribution in [2.24, 2.45) is 0 Å². The third kappa shape index (κ3) is 2.78. The van der Waals surface area contributed by atoms with Gasteiger partial charge in [-0.1, -0.05) is 16.8 Å². The summed E-state index contributed by atoms with van der Waals surface area (Å²) in [5.41, 5.74) is 1.07. The first kappa shape index (κ1) is 12.4. The van der Waals surface area contributed by atoms with Crippen LogP contribution in [0.3, 0.4) is 0 Å². The molecule has 2 rings (SSSR count). The molecule has 1 heterocycles. The summed E-state index contributed by atoms with van der Waals surface area (Å²) in [6.07, 6.45) is 0. The molecule has 0 amide bonds. The highest BCUT2D eigenvalue weighted by atomic mass is 35.5. The van der Waals surface area contributed by atoms with E-state index in [4.69, 9.17) is 16.1 Å². The Balaban J connectivity index is 2.17. The molecule has 18 heavy (non-hydrogen) atoms. The Labute approximate surface area is 108 Å². The number of hydrogen-bond acceptors (Lipinski definition) is 5. The smallest absolute Gasteiger partial charge is 0.292 e. The maximum absolute atomic E-state index is 10.8. The maximum atomic E-state index is 10.8. The highest BCUT2D eigenvalue weighted by Gasteiger charge is 2.14. The molecule has 0 atom stereocenters. The Kier molecular flexibility index (Phi) is 3.47. The fourth-order valence-electron chi connectivity index (χ4n) is 1.49. The summed E-state index contributed by atoms with van der Waals surface area (Å²) in [6.45, 7) is 2.11. The zero-order valence-electron chi connectivity index (χ0n) is 9.51. The number of halogens is 1. The highest BCUT2D eigenvalue weighted by molar-refractivity contribution is 6.31. The van der Waals surface area contributed by atoms with Crippen molar-refractivity contribution in [2.45, 2.75) is 13.5 Å². The number of nitrogens with zero attached hydrogens (tertiary/aromatic N) is 2. The van der Waals surface area contributed by atoms with Crippen molar-refractivity contribution in [1.82, 2.24) is 5.16 Å². The summed E-state index contributed by atoms with van der Waals surface area (Å²) >= 11 is 5.81. The monoisotopic (exact) mass is 267 g/mol. The van der Waals surface area contributed by atoms with Crippen molar-refractivity contribution in [3.8, 4) is 0 Å². The van der Waals surface area contributed by atoms with E-state index in [9.17, 15) is 10.1 Å². The second-order valence-electron chi connectivity index (χ2n) is 3.71. The third-order valence-corrected chi connectivity index (χ3v) is 2.52. The first-order valence-electron chi connectivity index (χ1n) is 5.16. The van der Waals surface area contributed by atoms with Gasteiger partial charge in [-0.25, -0.2) is 0 Å². The van der Waals surface area contributed by atoms with E-state index in [0.29, 0.717) is 23.0 Å². The molecule has 1 aromatic carbocycles. The number of nitro groups is 1. The summed E-state index contributed by atoms with van der Waals surface area (Å²) < 4.78 is 5.00. The molecule has 1 aromatic heterocycles. The van der Waals surface area contributed by atoms with Crippen molar-refractivity contribution in [2.75, 3.05) is 5.32 Å². The molecule has 0 saturated carbocycles. The van der Waals surface area contributed by atoms with Crippen LogP contribution in [0.4, 0.5) is 11.4 Å². The minimum Gasteiger partial charge on any atom is -0.372 e. The molecule has 0 aliphatic carbocycles. The Morgan fingerprint density at radius 2 is 2.28 bits per heavy atom. The summed E-state index contributed by atoms with van der Waals surface area (Å²) in [6, 6.07) is 6.09. The summed E-state index contributed by atoms with van der Waals surface area (Å²) in [4.78, 5) is 10.4. The predicted molar refractivity (Wildman–Crippen MR) is 66.7 cm³/mol. The number of benzene rings is 1. The molecule has 0 fully saturated rings. The molecule has 0 saturated heterocycles. The number of nitrogens with one attached hydrogen (secondary N) is 1. The molecule has 0 aliphatic heterocycles. The van der Waals surface area contributed by atoms with Crippen LogP contribution in [0.5, 0.6) is 0 Å². The first-order valence-corrected chi connectivity index (χ1v) is 5.54. The van der Waals surface area contributed by atoms with Crippen LogP contribution in [-0.2, 0) is 6.54 Å². The van der Waals surface area contributed by atoms with Gasteiger partial charge >= 0.3 is 0 Å². The van der Waals surface area contributed by atoms with Crippen molar-refractivity contribution >= 4 is 23.0 Å². The van der Waals surface area contributed by atoms with Gasteiger partial charge in [0.25, 0.3) is 5.69 Å². The zero-order chi connectivity index (χ0) is 13.1. The summed E-state index contributed by atoms with van der Waals surface area (Å²) in [5.74, 6) is 0.599. The van der Waals surface area contributed by atoms with E-state index in [1.165, 1.54) is 18.2 Å². The SMILES string of the molecule is Cc1cc(CNc2cc(Cl)ccc2[N+](=O)[O-])on1. The Hall–Kier alpha value is -2.08. The third-order valence-electron chi connectivity index (χ3n) is 2.29. The minimum atomic E-state index is -0.468. The van der Waals surface area contributed by atoms with E-state index in [1.54, 1.807) is 13.0 Å². The van der Waals surface area contributed by atoms with E-state index in [0.717, 1.165) is 5.69 Å². The molecule has 94 valence electrons. The molecular formula is C11H10ClN3O3. The minimum absolute atomic E-state index is 0.0318. The highest BCUT2D eigenvalue weighted by Crippen LogP contribution is 2.28. The Morgan fingerprint density at radius 3 is 2.89 bits per heavy atom. The van der Waals surface area contributed by atoms with E-state index in [2.05, 4.69) is 10.5 Å². The van der Waals surface area contributed by atoms with Gasteiger partial charge < -0.3 is 9.84 Å². The van der Waals surface area contributed by atoms with Crippen molar-refractivity contribution in [1.29, 1.82) is 0 Å². The molecule has 0 radical (unpaired) electrons. The van der Waals surface area contributed by atoms with Gasteiger partial charge in [0.2, 0.25) is 0 Å². The predicted octanol–water partition coefficient (Wildman–Crippen LogP) is 3.16. The molecular weight excluding hydrogens is 258 g/mol. The normalized spacial score (nSPS) is 10.3. The van der Waals surface area contributed by atoms with E-state index in [-0.39, 0.29) is 5.69 Å². The standard InChI is InChI=1S/C11H10ClN3O3/c1-7-4-9(18-14-7)6-13-10-5-8(12)2-3-11(10)15(16)17/h2-5,13H,6H2,1H3. The van der Waals surface area contributed by atoms with Crippen LogP contribution in [0.15, 0.2) is 28.8 Å². The van der Waals surface area contributed by atoms with Crippen LogP contribution in [0, 0.1) is 17.0 Å². The van der Waals surface area contributed by atoms with Crippen molar-refractivity contribution in [3.05, 3.63) is 50.9 Å². The maximum Gasteiger partial charge on any atom is 0.292 e. The number of nitro benzene ring substituents is 1. The van der Waals surface area contributed by atoms with E-state index >= 15 is 0 Å². The van der Waals surface area contributed by atoms with Gasteiger partial charge in [-0.05, 0) is 19.1 Å². The fourth-order valence-corrected chi connectivity index (χ4v) is 1.66. The molecule has 1 N–H and O–H groups in total. The van der Waals surface area contributed by atoms with Crippen LogP contribution in [0.1, 0.15) is 11.5 Å². The summed E-state index contributed by atoms with van der Waals surface area (Å²) in [5, 5.41) is 17.9. The molecule has 0 bridgehead atoms. The van der Waals surface area contributed by atoms with Crippen LogP contribution in [-0.4, -0.2) is 10.1 Å². The topological polar surface area (TPSA) is 81.2 Å². The van der Waals surface area contributed by atoms with Gasteiger partial charge in [0, 0.05) is 17.2 Å². The number of anilines is 1. The lowest BCUT2D eigenvalue weighted by atomic mass is 10.2. The largest absolute Gasteiger partial charge is 0.372 e. The molecule has 2 aromatic rings. The molecule has 7 heteroatoms. The first-order chi connectivity index (χ1) is 8.56.